The molecule has 0 atom stereocenters. The Morgan fingerprint density at radius 2 is 1.84 bits per heavy atom. The molecule has 0 spiro atoms. The molecule has 0 N–H and O–H groups in total. The largest absolute Gasteiger partial charge is 0.496 e. The molecule has 1 saturated heterocycles. The van der Waals surface area contributed by atoms with E-state index in [1.807, 2.05) is 25.0 Å². The lowest BCUT2D eigenvalue weighted by molar-refractivity contribution is -0.127. The fraction of sp³-hybridized carbons (Fsp3) is 0.370. The number of carbonyl (C=O) groups is 1. The quantitative estimate of drug-likeness (QED) is 0.462. The molecule has 4 nitrogen and oxygen atoms in total. The number of amides is 1. The van der Waals surface area contributed by atoms with Crippen molar-refractivity contribution in [2.75, 3.05) is 20.2 Å². The molecule has 3 aromatic rings. The molecule has 0 radical (unpaired) electrons. The van der Waals surface area contributed by atoms with Gasteiger partial charge in [0.2, 0.25) is 5.91 Å². The summed E-state index contributed by atoms with van der Waals surface area (Å²) < 4.78 is 11.7. The summed E-state index contributed by atoms with van der Waals surface area (Å²) in [7, 11) is 1.67. The van der Waals surface area contributed by atoms with Crippen LogP contribution in [-0.4, -0.2) is 31.0 Å². The Morgan fingerprint density at radius 3 is 2.48 bits per heavy atom. The van der Waals surface area contributed by atoms with Gasteiger partial charge in [0, 0.05) is 41.2 Å². The van der Waals surface area contributed by atoms with Crippen LogP contribution in [0.25, 0.3) is 27.7 Å². The molecule has 4 rings (SSSR count). The number of methoxy groups -OCH3 is 1. The minimum absolute atomic E-state index is 0.0788. The number of allylic oxidation sites excluding steroid dienone is 1. The van der Waals surface area contributed by atoms with E-state index in [1.54, 1.807) is 13.2 Å². The van der Waals surface area contributed by atoms with Crippen LogP contribution in [0.15, 0.2) is 47.1 Å². The first kappa shape index (κ1) is 21.2. The molecule has 0 unspecified atom stereocenters. The molecule has 2 aromatic carbocycles. The zero-order chi connectivity index (χ0) is 22.1. The summed E-state index contributed by atoms with van der Waals surface area (Å²) in [6.45, 7) is 9.99. The lowest BCUT2D eigenvalue weighted by Gasteiger charge is -2.29. The standard InChI is InChI=1S/C27H31NO3/c1-17-6-8-21(9-7-17)24-16-31-27-20(4)26(30-5)22(15-23(24)27)19(3)14-25(29)28-12-10-18(2)11-13-28/h6-9,14-16,18H,10-13H2,1-5H3/b19-14+. The number of likely N-dealkylation sites (tertiary alicyclic amines) is 1. The Balaban J connectivity index is 1.76. The maximum atomic E-state index is 12.9. The molecule has 1 aromatic heterocycles. The van der Waals surface area contributed by atoms with Crippen LogP contribution in [0.1, 0.15) is 43.4 Å². The molecule has 1 aliphatic heterocycles. The van der Waals surface area contributed by atoms with Crippen molar-refractivity contribution in [3.63, 3.8) is 0 Å². The van der Waals surface area contributed by atoms with Gasteiger partial charge in [-0.2, -0.15) is 0 Å². The number of hydrogen-bond acceptors (Lipinski definition) is 3. The minimum Gasteiger partial charge on any atom is -0.496 e. The highest BCUT2D eigenvalue weighted by molar-refractivity contribution is 6.01. The summed E-state index contributed by atoms with van der Waals surface area (Å²) in [5, 5.41) is 1.03. The van der Waals surface area contributed by atoms with Gasteiger partial charge in [-0.05, 0) is 56.7 Å². The van der Waals surface area contributed by atoms with Crippen LogP contribution in [0.3, 0.4) is 0 Å². The fourth-order valence-electron chi connectivity index (χ4n) is 4.41. The van der Waals surface area contributed by atoms with Crippen LogP contribution in [-0.2, 0) is 4.79 Å². The predicted molar refractivity (Wildman–Crippen MR) is 126 cm³/mol. The average Bonchev–Trinajstić information content (AvgIpc) is 3.19. The van der Waals surface area contributed by atoms with Crippen molar-refractivity contribution < 1.29 is 13.9 Å². The predicted octanol–water partition coefficient (Wildman–Crippen LogP) is 6.39. The summed E-state index contributed by atoms with van der Waals surface area (Å²) >= 11 is 0. The number of nitrogens with zero attached hydrogens (tertiary/aromatic N) is 1. The Hall–Kier alpha value is -3.01. The highest BCUT2D eigenvalue weighted by atomic mass is 16.5. The molecule has 0 saturated carbocycles. The molecule has 1 amide bonds. The molecular weight excluding hydrogens is 386 g/mol. The number of ether oxygens (including phenoxy) is 1. The zero-order valence-electron chi connectivity index (χ0n) is 19.1. The second kappa shape index (κ2) is 8.62. The average molecular weight is 418 g/mol. The minimum atomic E-state index is 0.0788. The number of hydrogen-bond donors (Lipinski definition) is 0. The molecule has 162 valence electrons. The Morgan fingerprint density at radius 1 is 1.16 bits per heavy atom. The first-order valence-corrected chi connectivity index (χ1v) is 11.0. The Bertz CT molecular complexity index is 1130. The first-order valence-electron chi connectivity index (χ1n) is 11.0. The molecule has 2 heterocycles. The van der Waals surface area contributed by atoms with Gasteiger partial charge in [0.25, 0.3) is 0 Å². The van der Waals surface area contributed by atoms with Crippen molar-refractivity contribution in [2.45, 2.75) is 40.5 Å². The van der Waals surface area contributed by atoms with Gasteiger partial charge in [-0.3, -0.25) is 4.79 Å². The van der Waals surface area contributed by atoms with Gasteiger partial charge in [0.1, 0.15) is 11.3 Å². The number of fused-ring (bicyclic) bond motifs is 1. The Labute approximate surface area is 184 Å². The van der Waals surface area contributed by atoms with E-state index in [4.69, 9.17) is 9.15 Å². The summed E-state index contributed by atoms with van der Waals surface area (Å²) in [6.07, 6.45) is 5.71. The second-order valence-electron chi connectivity index (χ2n) is 8.81. The van der Waals surface area contributed by atoms with Gasteiger partial charge >= 0.3 is 0 Å². The summed E-state index contributed by atoms with van der Waals surface area (Å²) in [4.78, 5) is 14.9. The lowest BCUT2D eigenvalue weighted by atomic mass is 9.95. The van der Waals surface area contributed by atoms with Crippen molar-refractivity contribution in [3.8, 4) is 16.9 Å². The van der Waals surface area contributed by atoms with Gasteiger partial charge in [-0.25, -0.2) is 0 Å². The van der Waals surface area contributed by atoms with E-state index < -0.39 is 0 Å². The number of carbonyl (C=O) groups excluding carboxylic acids is 1. The van der Waals surface area contributed by atoms with Crippen LogP contribution < -0.4 is 4.74 Å². The zero-order valence-corrected chi connectivity index (χ0v) is 19.1. The number of aryl methyl sites for hydroxylation is 2. The molecule has 1 fully saturated rings. The molecule has 31 heavy (non-hydrogen) atoms. The SMILES string of the molecule is COc1c(/C(C)=C/C(=O)N2CCC(C)CC2)cc2c(-c3ccc(C)cc3)coc2c1C. The highest BCUT2D eigenvalue weighted by Gasteiger charge is 2.21. The van der Waals surface area contributed by atoms with Gasteiger partial charge in [-0.15, -0.1) is 0 Å². The summed E-state index contributed by atoms with van der Waals surface area (Å²) in [6, 6.07) is 10.5. The number of furan rings is 1. The van der Waals surface area contributed by atoms with E-state index in [0.29, 0.717) is 5.92 Å². The van der Waals surface area contributed by atoms with Crippen LogP contribution >= 0.6 is 0 Å². The van der Waals surface area contributed by atoms with Crippen LogP contribution in [0.5, 0.6) is 5.75 Å². The van der Waals surface area contributed by atoms with Gasteiger partial charge < -0.3 is 14.1 Å². The molecule has 1 aliphatic rings. The van der Waals surface area contributed by atoms with Gasteiger partial charge in [0.15, 0.2) is 0 Å². The van der Waals surface area contributed by atoms with E-state index in [2.05, 4.69) is 44.2 Å². The first-order chi connectivity index (χ1) is 14.9. The van der Waals surface area contributed by atoms with Crippen molar-refractivity contribution >= 4 is 22.4 Å². The van der Waals surface area contributed by atoms with Crippen molar-refractivity contribution in [1.82, 2.24) is 4.90 Å². The van der Waals surface area contributed by atoms with Crippen molar-refractivity contribution in [1.29, 1.82) is 0 Å². The number of benzene rings is 2. The van der Waals surface area contributed by atoms with Crippen LogP contribution in [0.2, 0.25) is 0 Å². The summed E-state index contributed by atoms with van der Waals surface area (Å²) in [5.74, 6) is 1.53. The maximum Gasteiger partial charge on any atom is 0.246 e. The van der Waals surface area contributed by atoms with Gasteiger partial charge in [0.05, 0.1) is 13.4 Å². The van der Waals surface area contributed by atoms with E-state index in [0.717, 1.165) is 70.5 Å². The fourth-order valence-corrected chi connectivity index (χ4v) is 4.41. The highest BCUT2D eigenvalue weighted by Crippen LogP contribution is 2.40. The monoisotopic (exact) mass is 417 g/mol. The maximum absolute atomic E-state index is 12.9. The van der Waals surface area contributed by atoms with Crippen molar-refractivity contribution in [2.24, 2.45) is 5.92 Å². The molecule has 0 aliphatic carbocycles. The number of piperidine rings is 1. The van der Waals surface area contributed by atoms with Crippen molar-refractivity contribution in [3.05, 3.63) is 59.4 Å². The second-order valence-corrected chi connectivity index (χ2v) is 8.81. The Kier molecular flexibility index (Phi) is 5.90. The third-order valence-corrected chi connectivity index (χ3v) is 6.47. The van der Waals surface area contributed by atoms with Crippen LogP contribution in [0, 0.1) is 19.8 Å². The summed E-state index contributed by atoms with van der Waals surface area (Å²) in [5.41, 5.74) is 6.98. The molecular formula is C27H31NO3. The normalized spacial score (nSPS) is 15.5. The third kappa shape index (κ3) is 4.12. The molecule has 0 bridgehead atoms. The van der Waals surface area contributed by atoms with Gasteiger partial charge in [-0.1, -0.05) is 36.8 Å². The van der Waals surface area contributed by atoms with E-state index in [1.165, 1.54) is 5.56 Å². The topological polar surface area (TPSA) is 42.7 Å². The van der Waals surface area contributed by atoms with E-state index >= 15 is 0 Å². The van der Waals surface area contributed by atoms with E-state index in [-0.39, 0.29) is 5.91 Å². The van der Waals surface area contributed by atoms with Crippen LogP contribution in [0.4, 0.5) is 0 Å². The van der Waals surface area contributed by atoms with E-state index in [9.17, 15) is 4.79 Å². The lowest BCUT2D eigenvalue weighted by Crippen LogP contribution is -2.36. The third-order valence-electron chi connectivity index (χ3n) is 6.47. The number of rotatable bonds is 4. The smallest absolute Gasteiger partial charge is 0.246 e. The molecule has 4 heteroatoms.